The average molecular weight is 314 g/mol. The first-order chi connectivity index (χ1) is 9.54. The van der Waals surface area contributed by atoms with E-state index in [0.29, 0.717) is 18.2 Å². The van der Waals surface area contributed by atoms with Gasteiger partial charge in [0.25, 0.3) is 5.91 Å². The number of aromatic amines is 1. The third-order valence-electron chi connectivity index (χ3n) is 4.05. The summed E-state index contributed by atoms with van der Waals surface area (Å²) in [6, 6.07) is 0. The summed E-state index contributed by atoms with van der Waals surface area (Å²) in [5.74, 6) is -0.220. The van der Waals surface area contributed by atoms with Gasteiger partial charge in [-0.05, 0) is 23.7 Å². The second-order valence-electron chi connectivity index (χ2n) is 6.61. The van der Waals surface area contributed by atoms with Crippen LogP contribution in [0, 0.1) is 11.3 Å². The zero-order chi connectivity index (χ0) is 16.0. The molecule has 1 heterocycles. The molecule has 1 saturated carbocycles. The van der Waals surface area contributed by atoms with E-state index in [1.807, 2.05) is 0 Å². The number of nitrogens with zero attached hydrogens (tertiary/aromatic N) is 1. The summed E-state index contributed by atoms with van der Waals surface area (Å²) in [6.07, 6.45) is 1.05. The van der Waals surface area contributed by atoms with Crippen molar-refractivity contribution in [3.8, 4) is 0 Å². The molecule has 1 aromatic rings. The molecule has 0 aliphatic heterocycles. The van der Waals surface area contributed by atoms with Crippen molar-refractivity contribution in [2.24, 2.45) is 16.5 Å². The van der Waals surface area contributed by atoms with E-state index in [-0.39, 0.29) is 21.9 Å². The van der Waals surface area contributed by atoms with Crippen molar-refractivity contribution in [1.29, 1.82) is 0 Å². The lowest BCUT2D eigenvalue weighted by Crippen LogP contribution is -2.29. The van der Waals surface area contributed by atoms with Crippen LogP contribution in [0.5, 0.6) is 0 Å². The van der Waals surface area contributed by atoms with Crippen LogP contribution < -0.4 is 10.5 Å². The van der Waals surface area contributed by atoms with Crippen LogP contribution in [0.1, 0.15) is 56.2 Å². The normalized spacial score (nSPS) is 20.6. The van der Waals surface area contributed by atoms with E-state index >= 15 is 0 Å². The van der Waals surface area contributed by atoms with Gasteiger partial charge in [0, 0.05) is 6.54 Å². The highest BCUT2D eigenvalue weighted by Crippen LogP contribution is 2.51. The first-order valence-electron chi connectivity index (χ1n) is 6.93. The number of sulfonamides is 1. The van der Waals surface area contributed by atoms with E-state index in [1.165, 1.54) is 0 Å². The fraction of sp³-hybridized carbons (Fsp3) is 0.692. The van der Waals surface area contributed by atoms with Gasteiger partial charge in [0.15, 0.2) is 5.69 Å². The predicted molar refractivity (Wildman–Crippen MR) is 78.3 cm³/mol. The van der Waals surface area contributed by atoms with Crippen molar-refractivity contribution in [2.45, 2.75) is 44.9 Å². The Balaban J connectivity index is 2.21. The van der Waals surface area contributed by atoms with E-state index in [2.05, 4.69) is 29.4 Å². The number of primary sulfonamides is 1. The molecule has 0 saturated heterocycles. The summed E-state index contributed by atoms with van der Waals surface area (Å²) < 4.78 is 23.5. The molecule has 0 radical (unpaired) electrons. The summed E-state index contributed by atoms with van der Waals surface area (Å²) in [5, 5.41) is 14.4. The first-order valence-corrected chi connectivity index (χ1v) is 8.48. The number of hydrogen-bond acceptors (Lipinski definition) is 4. The molecule has 1 aromatic heterocycles. The molecule has 0 bridgehead atoms. The highest BCUT2D eigenvalue weighted by atomic mass is 32.2. The molecule has 21 heavy (non-hydrogen) atoms. The smallest absolute Gasteiger partial charge is 0.273 e. The Bertz CT molecular complexity index is 661. The van der Waals surface area contributed by atoms with Crippen LogP contribution >= 0.6 is 0 Å². The first kappa shape index (κ1) is 16.0. The van der Waals surface area contributed by atoms with E-state index in [0.717, 1.165) is 6.42 Å². The standard InChI is InChI=1S/C13H22N4O3S/c1-7(2)9-11(21(14,19)20)10(17-16-9)12(18)15-6-8-5-13(8,3)4/h7-8H,5-6H2,1-4H3,(H,15,18)(H,16,17)(H2,14,19,20). The SMILES string of the molecule is CC(C)c1[nH]nc(C(=O)NCC2CC2(C)C)c1S(N)(=O)=O. The maximum atomic E-state index is 12.2. The molecule has 7 nitrogen and oxygen atoms in total. The van der Waals surface area contributed by atoms with Crippen LogP contribution in [0.15, 0.2) is 4.90 Å². The van der Waals surface area contributed by atoms with Gasteiger partial charge in [-0.2, -0.15) is 5.10 Å². The molecule has 0 spiro atoms. The van der Waals surface area contributed by atoms with Gasteiger partial charge in [0.1, 0.15) is 4.90 Å². The van der Waals surface area contributed by atoms with E-state index in [1.54, 1.807) is 13.8 Å². The number of carbonyl (C=O) groups excluding carboxylic acids is 1. The lowest BCUT2D eigenvalue weighted by atomic mass is 10.1. The van der Waals surface area contributed by atoms with Gasteiger partial charge in [-0.15, -0.1) is 0 Å². The van der Waals surface area contributed by atoms with Gasteiger partial charge < -0.3 is 5.32 Å². The number of H-pyrrole nitrogens is 1. The molecule has 118 valence electrons. The number of carbonyl (C=O) groups is 1. The van der Waals surface area contributed by atoms with Gasteiger partial charge in [-0.1, -0.05) is 27.7 Å². The van der Waals surface area contributed by atoms with Gasteiger partial charge in [-0.25, -0.2) is 13.6 Å². The van der Waals surface area contributed by atoms with E-state index < -0.39 is 15.9 Å². The van der Waals surface area contributed by atoms with Gasteiger partial charge >= 0.3 is 0 Å². The summed E-state index contributed by atoms with van der Waals surface area (Å²) in [7, 11) is -4.01. The lowest BCUT2D eigenvalue weighted by Gasteiger charge is -2.07. The topological polar surface area (TPSA) is 118 Å². The van der Waals surface area contributed by atoms with Crippen molar-refractivity contribution < 1.29 is 13.2 Å². The van der Waals surface area contributed by atoms with Crippen molar-refractivity contribution in [3.63, 3.8) is 0 Å². The number of nitrogens with one attached hydrogen (secondary N) is 2. The van der Waals surface area contributed by atoms with Crippen molar-refractivity contribution >= 4 is 15.9 Å². The molecule has 0 aromatic carbocycles. The summed E-state index contributed by atoms with van der Waals surface area (Å²) in [6.45, 7) is 8.38. The largest absolute Gasteiger partial charge is 0.350 e. The molecule has 1 fully saturated rings. The quantitative estimate of drug-likeness (QED) is 0.750. The molecule has 8 heteroatoms. The van der Waals surface area contributed by atoms with Crippen LogP contribution in [0.25, 0.3) is 0 Å². The monoisotopic (exact) mass is 314 g/mol. The summed E-state index contributed by atoms with van der Waals surface area (Å²) >= 11 is 0. The second kappa shape index (κ2) is 5.10. The number of aromatic nitrogens is 2. The maximum absolute atomic E-state index is 12.2. The Morgan fingerprint density at radius 3 is 2.52 bits per heavy atom. The minimum absolute atomic E-state index is 0.130. The van der Waals surface area contributed by atoms with Gasteiger partial charge in [0.2, 0.25) is 10.0 Å². The van der Waals surface area contributed by atoms with E-state index in [4.69, 9.17) is 5.14 Å². The molecule has 1 aliphatic rings. The Morgan fingerprint density at radius 2 is 2.10 bits per heavy atom. The fourth-order valence-corrected chi connectivity index (χ4v) is 3.40. The molecule has 1 amide bonds. The lowest BCUT2D eigenvalue weighted by molar-refractivity contribution is 0.0942. The number of rotatable bonds is 5. The second-order valence-corrected chi connectivity index (χ2v) is 8.11. The molecular formula is C13H22N4O3S. The zero-order valence-corrected chi connectivity index (χ0v) is 13.5. The molecule has 2 rings (SSSR count). The summed E-state index contributed by atoms with van der Waals surface area (Å²) in [5.41, 5.74) is 0.444. The Hall–Kier alpha value is -1.41. The van der Waals surface area contributed by atoms with Crippen LogP contribution in [-0.4, -0.2) is 31.1 Å². The Labute approximate surface area is 124 Å². The fourth-order valence-electron chi connectivity index (χ4n) is 2.40. The third kappa shape index (κ3) is 3.26. The minimum atomic E-state index is -4.01. The molecule has 1 unspecified atom stereocenters. The molecule has 1 atom stereocenters. The van der Waals surface area contributed by atoms with Crippen molar-refractivity contribution in [1.82, 2.24) is 15.5 Å². The maximum Gasteiger partial charge on any atom is 0.273 e. The molecular weight excluding hydrogens is 292 g/mol. The number of amides is 1. The number of nitrogens with two attached hydrogens (primary N) is 1. The van der Waals surface area contributed by atoms with Crippen molar-refractivity contribution in [3.05, 3.63) is 11.4 Å². The minimum Gasteiger partial charge on any atom is -0.350 e. The molecule has 4 N–H and O–H groups in total. The summed E-state index contributed by atoms with van der Waals surface area (Å²) in [4.78, 5) is 12.0. The molecule has 1 aliphatic carbocycles. The highest BCUT2D eigenvalue weighted by molar-refractivity contribution is 7.89. The van der Waals surface area contributed by atoms with Crippen LogP contribution in [0.4, 0.5) is 0 Å². The Morgan fingerprint density at radius 1 is 1.52 bits per heavy atom. The van der Waals surface area contributed by atoms with Crippen LogP contribution in [0.3, 0.4) is 0 Å². The highest BCUT2D eigenvalue weighted by Gasteiger charge is 2.45. The average Bonchev–Trinajstić information content (AvgIpc) is 2.76. The third-order valence-corrected chi connectivity index (χ3v) is 5.03. The number of hydrogen-bond donors (Lipinski definition) is 3. The van der Waals surface area contributed by atoms with Gasteiger partial charge in [0.05, 0.1) is 5.69 Å². The predicted octanol–water partition coefficient (Wildman–Crippen LogP) is 0.956. The van der Waals surface area contributed by atoms with Crippen LogP contribution in [-0.2, 0) is 10.0 Å². The van der Waals surface area contributed by atoms with Gasteiger partial charge in [-0.3, -0.25) is 9.89 Å². The van der Waals surface area contributed by atoms with Crippen LogP contribution in [0.2, 0.25) is 0 Å². The van der Waals surface area contributed by atoms with Crippen molar-refractivity contribution in [2.75, 3.05) is 6.54 Å². The van der Waals surface area contributed by atoms with E-state index in [9.17, 15) is 13.2 Å². The Kier molecular flexibility index (Phi) is 3.88. The zero-order valence-electron chi connectivity index (χ0n) is 12.7.